The summed E-state index contributed by atoms with van der Waals surface area (Å²) >= 11 is 0. The average molecular weight is 474 g/mol. The van der Waals surface area contributed by atoms with Gasteiger partial charge in [0.2, 0.25) is 5.91 Å². The van der Waals surface area contributed by atoms with Crippen molar-refractivity contribution in [2.75, 3.05) is 18.1 Å². The maximum Gasteiger partial charge on any atom is 0.333 e. The minimum atomic E-state index is -3.18. The number of amides is 1. The van der Waals surface area contributed by atoms with Crippen LogP contribution in [-0.2, 0) is 34.3 Å². The zero-order valence-electron chi connectivity index (χ0n) is 18.7. The summed E-state index contributed by atoms with van der Waals surface area (Å²) in [6, 6.07) is 8.88. The quantitative estimate of drug-likeness (QED) is 0.492. The highest BCUT2D eigenvalue weighted by Crippen LogP contribution is 2.18. The van der Waals surface area contributed by atoms with E-state index in [2.05, 4.69) is 4.98 Å². The first kappa shape index (κ1) is 23.0. The van der Waals surface area contributed by atoms with Crippen LogP contribution in [0, 0.1) is 0 Å². The molecule has 1 atom stereocenters. The first-order valence-corrected chi connectivity index (χ1v) is 12.8. The van der Waals surface area contributed by atoms with Crippen LogP contribution in [0.25, 0.3) is 11.2 Å². The number of carbonyl (C=O) groups excluding carboxylic acids is 1. The molecule has 0 aliphatic carbocycles. The number of benzene rings is 1. The minimum Gasteiger partial charge on any atom is -0.337 e. The van der Waals surface area contributed by atoms with Gasteiger partial charge in [-0.3, -0.25) is 14.2 Å². The average Bonchev–Trinajstić information content (AvgIpc) is 3.38. The Labute approximate surface area is 191 Å². The van der Waals surface area contributed by atoms with Gasteiger partial charge in [-0.25, -0.2) is 22.8 Å². The molecule has 1 aliphatic rings. The van der Waals surface area contributed by atoms with Gasteiger partial charge in [0.05, 0.1) is 24.4 Å². The zero-order valence-corrected chi connectivity index (χ0v) is 19.5. The van der Waals surface area contributed by atoms with Gasteiger partial charge in [0.1, 0.15) is 6.54 Å². The molecule has 176 valence electrons. The fourth-order valence-electron chi connectivity index (χ4n) is 4.41. The summed E-state index contributed by atoms with van der Waals surface area (Å²) in [5, 5.41) is 0. The van der Waals surface area contributed by atoms with Gasteiger partial charge in [-0.05, 0) is 25.8 Å². The summed E-state index contributed by atoms with van der Waals surface area (Å²) in [4.78, 5) is 45.6. The van der Waals surface area contributed by atoms with E-state index in [0.717, 1.165) is 10.1 Å². The third-order valence-corrected chi connectivity index (χ3v) is 7.86. The number of aryl methyl sites for hydroxylation is 1. The molecular weight excluding hydrogens is 446 g/mol. The highest BCUT2D eigenvalue weighted by atomic mass is 32.2. The fourth-order valence-corrected chi connectivity index (χ4v) is 6.14. The fraction of sp³-hybridized carbons (Fsp3) is 0.455. The maximum atomic E-state index is 13.4. The van der Waals surface area contributed by atoms with Gasteiger partial charge in [-0.2, -0.15) is 0 Å². The Morgan fingerprint density at radius 3 is 2.48 bits per heavy atom. The second-order valence-electron chi connectivity index (χ2n) is 8.19. The van der Waals surface area contributed by atoms with Crippen molar-refractivity contribution >= 4 is 26.9 Å². The van der Waals surface area contributed by atoms with Gasteiger partial charge in [0.15, 0.2) is 21.0 Å². The van der Waals surface area contributed by atoms with E-state index in [0.29, 0.717) is 19.5 Å². The number of sulfone groups is 1. The molecule has 0 N–H and O–H groups in total. The molecule has 33 heavy (non-hydrogen) atoms. The molecule has 10 nitrogen and oxygen atoms in total. The van der Waals surface area contributed by atoms with Crippen molar-refractivity contribution in [2.45, 2.75) is 45.9 Å². The lowest BCUT2D eigenvalue weighted by atomic mass is 10.2. The normalized spacial score (nSPS) is 17.5. The monoisotopic (exact) mass is 473 g/mol. The molecule has 0 unspecified atom stereocenters. The Morgan fingerprint density at radius 1 is 1.15 bits per heavy atom. The van der Waals surface area contributed by atoms with E-state index in [1.165, 1.54) is 15.8 Å². The highest BCUT2D eigenvalue weighted by molar-refractivity contribution is 7.91. The zero-order chi connectivity index (χ0) is 23.8. The lowest BCUT2D eigenvalue weighted by Crippen LogP contribution is -2.48. The number of likely N-dealkylation sites (N-methyl/N-ethyl adjacent to an activating group) is 1. The Bertz CT molecular complexity index is 1400. The minimum absolute atomic E-state index is 0.0346. The maximum absolute atomic E-state index is 13.4. The van der Waals surface area contributed by atoms with E-state index in [1.807, 2.05) is 37.3 Å². The van der Waals surface area contributed by atoms with Gasteiger partial charge >= 0.3 is 5.69 Å². The number of hydrogen-bond acceptors (Lipinski definition) is 6. The van der Waals surface area contributed by atoms with E-state index >= 15 is 0 Å². The van der Waals surface area contributed by atoms with Crippen molar-refractivity contribution in [3.8, 4) is 0 Å². The molecule has 3 aromatic rings. The number of hydrogen-bond donors (Lipinski definition) is 0. The van der Waals surface area contributed by atoms with Crippen LogP contribution in [0.3, 0.4) is 0 Å². The van der Waals surface area contributed by atoms with Crippen molar-refractivity contribution in [1.29, 1.82) is 0 Å². The van der Waals surface area contributed by atoms with Gasteiger partial charge in [-0.15, -0.1) is 0 Å². The van der Waals surface area contributed by atoms with Gasteiger partial charge in [0, 0.05) is 19.1 Å². The number of fused-ring (bicyclic) bond motifs is 1. The summed E-state index contributed by atoms with van der Waals surface area (Å²) in [5.41, 5.74) is 0.180. The molecule has 0 saturated carbocycles. The van der Waals surface area contributed by atoms with Crippen molar-refractivity contribution in [1.82, 2.24) is 23.6 Å². The van der Waals surface area contributed by atoms with E-state index in [1.54, 1.807) is 11.5 Å². The number of rotatable bonds is 7. The molecule has 3 heterocycles. The van der Waals surface area contributed by atoms with Crippen LogP contribution >= 0.6 is 0 Å². The highest BCUT2D eigenvalue weighted by Gasteiger charge is 2.34. The third-order valence-electron chi connectivity index (χ3n) is 6.11. The number of carbonyl (C=O) groups is 1. The van der Waals surface area contributed by atoms with Crippen molar-refractivity contribution in [3.63, 3.8) is 0 Å². The topological polar surface area (TPSA) is 116 Å². The summed E-state index contributed by atoms with van der Waals surface area (Å²) in [6.07, 6.45) is 1.87. The number of aromatic nitrogens is 4. The molecule has 1 saturated heterocycles. The second-order valence-corrected chi connectivity index (χ2v) is 10.4. The lowest BCUT2D eigenvalue weighted by molar-refractivity contribution is -0.133. The first-order chi connectivity index (χ1) is 15.8. The Hall–Kier alpha value is -3.21. The predicted octanol–water partition coefficient (Wildman–Crippen LogP) is 0.464. The van der Waals surface area contributed by atoms with Gasteiger partial charge < -0.3 is 9.47 Å². The van der Waals surface area contributed by atoms with E-state index < -0.39 is 39.6 Å². The molecule has 1 aliphatic heterocycles. The van der Waals surface area contributed by atoms with Crippen LogP contribution < -0.4 is 11.2 Å². The molecule has 1 fully saturated rings. The Balaban J connectivity index is 1.77. The molecule has 2 aromatic heterocycles. The van der Waals surface area contributed by atoms with Crippen molar-refractivity contribution in [2.24, 2.45) is 0 Å². The molecule has 0 bridgehead atoms. The second kappa shape index (κ2) is 8.97. The van der Waals surface area contributed by atoms with Crippen LogP contribution in [0.5, 0.6) is 0 Å². The summed E-state index contributed by atoms with van der Waals surface area (Å²) in [5.74, 6) is -0.513. The smallest absolute Gasteiger partial charge is 0.333 e. The molecule has 0 spiro atoms. The SMILES string of the molecule is CCN(C(=O)Cn1c(=O)c2c(ncn2CC)n(Cc2ccccc2)c1=O)[C@H]1CCS(=O)(=O)C1. The molecular formula is C22H27N5O5S. The van der Waals surface area contributed by atoms with E-state index in [9.17, 15) is 22.8 Å². The van der Waals surface area contributed by atoms with Crippen LogP contribution in [0.15, 0.2) is 46.2 Å². The van der Waals surface area contributed by atoms with Crippen molar-refractivity contribution in [3.05, 3.63) is 63.1 Å². The number of nitrogens with zero attached hydrogens (tertiary/aromatic N) is 5. The summed E-state index contributed by atoms with van der Waals surface area (Å²) < 4.78 is 27.8. The molecule has 1 amide bonds. The summed E-state index contributed by atoms with van der Waals surface area (Å²) in [7, 11) is -3.18. The van der Waals surface area contributed by atoms with Crippen LogP contribution in [0.4, 0.5) is 0 Å². The summed E-state index contributed by atoms with van der Waals surface area (Å²) in [6.45, 7) is 4.13. The Morgan fingerprint density at radius 2 is 1.88 bits per heavy atom. The number of imidazole rings is 1. The first-order valence-electron chi connectivity index (χ1n) is 11.0. The van der Waals surface area contributed by atoms with Crippen molar-refractivity contribution < 1.29 is 13.2 Å². The van der Waals surface area contributed by atoms with E-state index in [-0.39, 0.29) is 29.2 Å². The molecule has 4 rings (SSSR count). The van der Waals surface area contributed by atoms with Gasteiger partial charge in [0.25, 0.3) is 5.56 Å². The van der Waals surface area contributed by atoms with Crippen LogP contribution in [0.2, 0.25) is 0 Å². The third kappa shape index (κ3) is 4.37. The van der Waals surface area contributed by atoms with Crippen LogP contribution in [0.1, 0.15) is 25.8 Å². The molecule has 11 heteroatoms. The predicted molar refractivity (Wildman–Crippen MR) is 124 cm³/mol. The molecule has 1 aromatic carbocycles. The van der Waals surface area contributed by atoms with Crippen LogP contribution in [-0.4, -0.2) is 62.0 Å². The standard InChI is InChI=1S/C22H27N5O5S/c1-3-24-15-23-20-19(24)21(29)27(22(30)26(20)12-16-8-6-5-7-9-16)13-18(28)25(4-2)17-10-11-33(31,32)14-17/h5-9,15,17H,3-4,10-14H2,1-2H3/t17-/m0/s1. The lowest BCUT2D eigenvalue weighted by Gasteiger charge is -2.27. The van der Waals surface area contributed by atoms with E-state index in [4.69, 9.17) is 0 Å². The molecule has 0 radical (unpaired) electrons. The Kier molecular flexibility index (Phi) is 6.24. The largest absolute Gasteiger partial charge is 0.337 e. The van der Waals surface area contributed by atoms with Gasteiger partial charge in [-0.1, -0.05) is 30.3 Å².